The molecule has 0 spiro atoms. The van der Waals surface area contributed by atoms with Gasteiger partial charge in [0.15, 0.2) is 6.29 Å². The Labute approximate surface area is 106 Å². The van der Waals surface area contributed by atoms with Crippen LogP contribution in [-0.4, -0.2) is 41.8 Å². The van der Waals surface area contributed by atoms with Crippen LogP contribution < -0.4 is 0 Å². The van der Waals surface area contributed by atoms with Gasteiger partial charge in [-0.2, -0.15) is 0 Å². The van der Waals surface area contributed by atoms with Gasteiger partial charge in [0.25, 0.3) is 0 Å². The first kappa shape index (κ1) is 13.1. The molecule has 0 aromatic rings. The molecule has 3 aliphatic rings. The molecule has 0 N–H and O–H groups in total. The zero-order valence-electron chi connectivity index (χ0n) is 11.1. The number of nitrogens with zero attached hydrogens (tertiary/aromatic N) is 1. The molecule has 0 radical (unpaired) electrons. The molecule has 2 bridgehead atoms. The summed E-state index contributed by atoms with van der Waals surface area (Å²) in [6.45, 7) is 6.37. The minimum absolute atomic E-state index is 0.315. The Hall–Kier alpha value is -1.39. The van der Waals surface area contributed by atoms with Crippen LogP contribution >= 0.6 is 0 Å². The number of hydrogen-bond acceptors (Lipinski definition) is 4. The van der Waals surface area contributed by atoms with E-state index < -0.39 is 17.1 Å². The molecule has 2 heterocycles. The third-order valence-electron chi connectivity index (χ3n) is 3.61. The van der Waals surface area contributed by atoms with Crippen molar-refractivity contribution in [1.29, 1.82) is 0 Å². The highest BCUT2D eigenvalue weighted by Crippen LogP contribution is 2.50. The number of amides is 1. The number of rotatable bonds is 2. The Balaban J connectivity index is 2.03. The van der Waals surface area contributed by atoms with Gasteiger partial charge < -0.3 is 9.64 Å². The van der Waals surface area contributed by atoms with Crippen molar-refractivity contribution in [3.8, 4) is 0 Å². The molecule has 5 nitrogen and oxygen atoms in total. The second-order valence-electron chi connectivity index (χ2n) is 6.40. The minimum Gasteiger partial charge on any atom is -0.444 e. The maximum Gasteiger partial charge on any atom is 0.410 e. The minimum atomic E-state index is -0.623. The van der Waals surface area contributed by atoms with Crippen molar-refractivity contribution < 1.29 is 19.1 Å². The number of fused-ring (bicyclic) bond motifs is 2. The number of aldehydes is 1. The van der Waals surface area contributed by atoms with Crippen LogP contribution in [0.1, 0.15) is 33.6 Å². The summed E-state index contributed by atoms with van der Waals surface area (Å²) in [5, 5.41) is 0. The first-order valence-corrected chi connectivity index (χ1v) is 6.23. The van der Waals surface area contributed by atoms with Crippen molar-refractivity contribution in [2.45, 2.75) is 39.2 Å². The van der Waals surface area contributed by atoms with Crippen molar-refractivity contribution in [2.24, 2.45) is 11.3 Å². The van der Waals surface area contributed by atoms with Crippen LogP contribution in [0.5, 0.6) is 0 Å². The summed E-state index contributed by atoms with van der Waals surface area (Å²) < 4.78 is 5.29. The predicted octanol–water partition coefficient (Wildman–Crippen LogP) is 1.40. The molecule has 5 heteroatoms. The molecule has 1 aliphatic carbocycles. The summed E-state index contributed by atoms with van der Waals surface area (Å²) >= 11 is 0. The molecule has 3 fully saturated rings. The predicted molar refractivity (Wildman–Crippen MR) is 64.0 cm³/mol. The lowest BCUT2D eigenvalue weighted by molar-refractivity contribution is -0.150. The summed E-state index contributed by atoms with van der Waals surface area (Å²) in [4.78, 5) is 35.8. The Kier molecular flexibility index (Phi) is 2.95. The van der Waals surface area contributed by atoms with Crippen LogP contribution in [0.4, 0.5) is 4.79 Å². The van der Waals surface area contributed by atoms with E-state index >= 15 is 0 Å². The summed E-state index contributed by atoms with van der Waals surface area (Å²) in [5.74, 6) is -0.0535. The normalized spacial score (nSPS) is 30.4. The van der Waals surface area contributed by atoms with Gasteiger partial charge in [-0.25, -0.2) is 4.79 Å². The lowest BCUT2D eigenvalue weighted by atomic mass is 9.57. The highest BCUT2D eigenvalue weighted by Gasteiger charge is 2.55. The van der Waals surface area contributed by atoms with Crippen molar-refractivity contribution in [3.63, 3.8) is 0 Å². The number of hydrogen-bond donors (Lipinski definition) is 0. The summed E-state index contributed by atoms with van der Waals surface area (Å²) in [5.41, 5.74) is -1.16. The number of ether oxygens (including phenoxy) is 1. The maximum atomic E-state index is 11.9. The Bertz CT molecular complexity index is 390. The van der Waals surface area contributed by atoms with E-state index in [1.807, 2.05) is 20.8 Å². The third kappa shape index (κ3) is 2.26. The first-order chi connectivity index (χ1) is 8.26. The molecule has 3 rings (SSSR count). The van der Waals surface area contributed by atoms with E-state index in [1.54, 1.807) is 4.90 Å². The van der Waals surface area contributed by atoms with E-state index in [0.29, 0.717) is 25.3 Å². The topological polar surface area (TPSA) is 63.7 Å². The largest absolute Gasteiger partial charge is 0.444 e. The number of ketones is 1. The number of carbonyl (C=O) groups excluding carboxylic acids is 3. The van der Waals surface area contributed by atoms with E-state index in [9.17, 15) is 14.4 Å². The molecule has 1 amide bonds. The Morgan fingerprint density at radius 2 is 1.94 bits per heavy atom. The van der Waals surface area contributed by atoms with Gasteiger partial charge in [0.2, 0.25) is 5.78 Å². The van der Waals surface area contributed by atoms with Crippen LogP contribution in [0.3, 0.4) is 0 Å². The monoisotopic (exact) mass is 253 g/mol. The lowest BCUT2D eigenvalue weighted by Crippen LogP contribution is -2.61. The van der Waals surface area contributed by atoms with Gasteiger partial charge in [-0.15, -0.1) is 0 Å². The fraction of sp³-hybridized carbons (Fsp3) is 0.769. The zero-order chi connectivity index (χ0) is 13.6. The molecule has 2 aliphatic heterocycles. The standard InChI is InChI=1S/C13H19NO4/c1-12(2,3)18-11(17)14-6-9-4-13(5-9,8-14)10(16)7-15/h7,9H,4-6,8H2,1-3H3. The lowest BCUT2D eigenvalue weighted by Gasteiger charge is -2.54. The Morgan fingerprint density at radius 1 is 1.33 bits per heavy atom. The summed E-state index contributed by atoms with van der Waals surface area (Å²) in [6, 6.07) is 0. The molecular formula is C13H19NO4. The summed E-state index contributed by atoms with van der Waals surface area (Å²) in [6.07, 6.45) is 1.44. The number of carbonyl (C=O) groups is 3. The van der Waals surface area contributed by atoms with Crippen LogP contribution in [0.25, 0.3) is 0 Å². The fourth-order valence-corrected chi connectivity index (χ4v) is 2.91. The van der Waals surface area contributed by atoms with Gasteiger partial charge in [0.1, 0.15) is 5.60 Å². The highest BCUT2D eigenvalue weighted by molar-refractivity contribution is 6.28. The highest BCUT2D eigenvalue weighted by atomic mass is 16.6. The van der Waals surface area contributed by atoms with Crippen LogP contribution in [0, 0.1) is 11.3 Å². The molecular weight excluding hydrogens is 234 g/mol. The van der Waals surface area contributed by atoms with Gasteiger partial charge >= 0.3 is 6.09 Å². The van der Waals surface area contributed by atoms with Crippen molar-refractivity contribution in [2.75, 3.05) is 13.1 Å². The van der Waals surface area contributed by atoms with E-state index in [-0.39, 0.29) is 5.78 Å². The quantitative estimate of drug-likeness (QED) is 0.551. The first-order valence-electron chi connectivity index (χ1n) is 6.23. The molecule has 0 aromatic carbocycles. The van der Waals surface area contributed by atoms with Crippen LogP contribution in [-0.2, 0) is 14.3 Å². The Morgan fingerprint density at radius 3 is 2.44 bits per heavy atom. The second-order valence-corrected chi connectivity index (χ2v) is 6.40. The number of Topliss-reactive ketones (excluding diaryl/α,β-unsaturated/α-hetero) is 1. The SMILES string of the molecule is CC(C)(C)OC(=O)N1CC2CC(C(=O)C=O)(C2)C1. The van der Waals surface area contributed by atoms with E-state index in [0.717, 1.165) is 12.8 Å². The summed E-state index contributed by atoms with van der Waals surface area (Å²) in [7, 11) is 0. The zero-order valence-corrected chi connectivity index (χ0v) is 11.1. The van der Waals surface area contributed by atoms with Crippen molar-refractivity contribution >= 4 is 18.2 Å². The van der Waals surface area contributed by atoms with Gasteiger partial charge in [0, 0.05) is 13.1 Å². The molecule has 0 atom stereocenters. The second kappa shape index (κ2) is 4.07. The van der Waals surface area contributed by atoms with Crippen molar-refractivity contribution in [1.82, 2.24) is 4.90 Å². The molecule has 0 aromatic heterocycles. The van der Waals surface area contributed by atoms with E-state index in [2.05, 4.69) is 0 Å². The van der Waals surface area contributed by atoms with Crippen LogP contribution in [0.2, 0.25) is 0 Å². The average molecular weight is 253 g/mol. The smallest absolute Gasteiger partial charge is 0.410 e. The number of piperidine rings is 2. The maximum absolute atomic E-state index is 11.9. The molecule has 100 valence electrons. The molecule has 1 saturated carbocycles. The van der Waals surface area contributed by atoms with Gasteiger partial charge in [0.05, 0.1) is 5.41 Å². The average Bonchev–Trinajstić information content (AvgIpc) is 2.24. The van der Waals surface area contributed by atoms with Gasteiger partial charge in [-0.1, -0.05) is 0 Å². The molecule has 2 saturated heterocycles. The van der Waals surface area contributed by atoms with Gasteiger partial charge in [-0.05, 0) is 39.5 Å². The third-order valence-corrected chi connectivity index (χ3v) is 3.61. The molecule has 0 unspecified atom stereocenters. The van der Waals surface area contributed by atoms with E-state index in [1.165, 1.54) is 0 Å². The van der Waals surface area contributed by atoms with E-state index in [4.69, 9.17) is 4.74 Å². The van der Waals surface area contributed by atoms with Crippen LogP contribution in [0.15, 0.2) is 0 Å². The fourth-order valence-electron chi connectivity index (χ4n) is 2.91. The molecule has 18 heavy (non-hydrogen) atoms. The van der Waals surface area contributed by atoms with Crippen molar-refractivity contribution in [3.05, 3.63) is 0 Å². The van der Waals surface area contributed by atoms with Gasteiger partial charge in [-0.3, -0.25) is 9.59 Å².